The molecular formula is C8H9F6N3O6S2. The van der Waals surface area contributed by atoms with Crippen LogP contribution in [0.4, 0.5) is 26.3 Å². The predicted octanol–water partition coefficient (Wildman–Crippen LogP) is 0.526. The van der Waals surface area contributed by atoms with Gasteiger partial charge in [-0.15, -0.1) is 0 Å². The van der Waals surface area contributed by atoms with E-state index in [0.717, 1.165) is 4.13 Å². The van der Waals surface area contributed by atoms with Crippen LogP contribution in [-0.2, 0) is 38.3 Å². The number of nitrogens with one attached hydrogen (secondary N) is 1. The van der Waals surface area contributed by atoms with Gasteiger partial charge in [0.05, 0.1) is 7.05 Å². The number of nitrogens with zero attached hydrogens (tertiary/aromatic N) is 2. The van der Waals surface area contributed by atoms with E-state index in [-0.39, 0.29) is 6.42 Å². The van der Waals surface area contributed by atoms with E-state index in [1.165, 1.54) is 0 Å². The zero-order chi connectivity index (χ0) is 20.3. The Morgan fingerprint density at radius 1 is 1.12 bits per heavy atom. The molecule has 1 aromatic rings. The molecule has 25 heavy (non-hydrogen) atoms. The average molecular weight is 421 g/mol. The fourth-order valence-electron chi connectivity index (χ4n) is 0.970. The summed E-state index contributed by atoms with van der Waals surface area (Å²) < 4.78 is 111. The maximum absolute atomic E-state index is 11.4. The molecule has 0 spiro atoms. The first-order valence-corrected chi connectivity index (χ1v) is 8.39. The molecule has 0 amide bonds. The summed E-state index contributed by atoms with van der Waals surface area (Å²) in [7, 11) is -11.6. The van der Waals surface area contributed by atoms with Crippen molar-refractivity contribution in [2.45, 2.75) is 17.4 Å². The van der Waals surface area contributed by atoms with E-state index in [1.807, 2.05) is 0 Å². The Morgan fingerprint density at radius 2 is 1.52 bits per heavy atom. The molecule has 0 aliphatic rings. The molecule has 0 aliphatic carbocycles. The van der Waals surface area contributed by atoms with Crippen LogP contribution in [0.3, 0.4) is 0 Å². The number of H-pyrrole nitrogens is 1. The molecule has 1 aromatic heterocycles. The SMILES string of the molecule is C[n+]1cc[nH]c1CC(=O)O.O=S(=O)([N-]S(=O)(=O)C(F)(F)F)C(F)(F)F. The Morgan fingerprint density at radius 3 is 1.76 bits per heavy atom. The van der Waals surface area contributed by atoms with Crippen molar-refractivity contribution in [1.82, 2.24) is 4.98 Å². The van der Waals surface area contributed by atoms with Gasteiger partial charge in [-0.25, -0.2) is 26.4 Å². The van der Waals surface area contributed by atoms with E-state index < -0.39 is 37.0 Å². The molecule has 1 rings (SSSR count). The van der Waals surface area contributed by atoms with E-state index in [1.54, 1.807) is 24.0 Å². The summed E-state index contributed by atoms with van der Waals surface area (Å²) in [4.78, 5) is 13.0. The third-order valence-corrected chi connectivity index (χ3v) is 4.81. The van der Waals surface area contributed by atoms with Crippen molar-refractivity contribution in [2.24, 2.45) is 7.05 Å². The van der Waals surface area contributed by atoms with Crippen LogP contribution >= 0.6 is 0 Å². The number of aryl methyl sites for hydroxylation is 1. The molecule has 0 saturated carbocycles. The molecule has 0 radical (unpaired) electrons. The molecule has 146 valence electrons. The largest absolute Gasteiger partial charge is 0.481 e. The lowest BCUT2D eigenvalue weighted by Crippen LogP contribution is -2.31. The van der Waals surface area contributed by atoms with Crippen LogP contribution in [0.15, 0.2) is 12.4 Å². The Balaban J connectivity index is 0.000000496. The van der Waals surface area contributed by atoms with Crippen molar-refractivity contribution >= 4 is 26.0 Å². The first-order chi connectivity index (χ1) is 10.9. The Kier molecular flexibility index (Phi) is 6.99. The van der Waals surface area contributed by atoms with Gasteiger partial charge in [-0.1, -0.05) is 0 Å². The molecule has 1 heterocycles. The van der Waals surface area contributed by atoms with Crippen molar-refractivity contribution in [1.29, 1.82) is 0 Å². The number of carboxylic acids is 1. The van der Waals surface area contributed by atoms with Crippen molar-refractivity contribution in [3.05, 3.63) is 22.3 Å². The highest BCUT2D eigenvalue weighted by Crippen LogP contribution is 2.36. The van der Waals surface area contributed by atoms with Gasteiger partial charge in [-0.3, -0.25) is 4.79 Å². The number of carbonyl (C=O) groups is 1. The molecule has 2 N–H and O–H groups in total. The minimum atomic E-state index is -6.72. The first kappa shape index (κ1) is 23.1. The van der Waals surface area contributed by atoms with Crippen molar-refractivity contribution < 1.29 is 57.6 Å². The summed E-state index contributed by atoms with van der Waals surface area (Å²) >= 11 is 0. The minimum Gasteiger partial charge on any atom is -0.481 e. The number of aliphatic carboxylic acids is 1. The Bertz CT molecular complexity index is 768. The number of carboxylic acid groups (broad SMARTS) is 1. The zero-order valence-electron chi connectivity index (χ0n) is 11.8. The lowest BCUT2D eigenvalue weighted by Gasteiger charge is -2.22. The second kappa shape index (κ2) is 7.56. The second-order valence-corrected chi connectivity index (χ2v) is 7.43. The predicted molar refractivity (Wildman–Crippen MR) is 66.6 cm³/mol. The van der Waals surface area contributed by atoms with E-state index in [9.17, 15) is 48.0 Å². The monoisotopic (exact) mass is 421 g/mol. The standard InChI is InChI=1S/C6H8N2O2.C2F6NO4S2/c1-8-3-2-7-5(8)4-6(9)10;3-1(4,5)14(10,11)9-15(12,13)2(6,7)8/h2-3H,4H2,1H3,(H,9,10);/q;-1/p+1. The highest BCUT2D eigenvalue weighted by Gasteiger charge is 2.46. The highest BCUT2D eigenvalue weighted by atomic mass is 32.3. The number of hydrogen-bond acceptors (Lipinski definition) is 5. The summed E-state index contributed by atoms with van der Waals surface area (Å²) in [5.41, 5.74) is -12.4. The maximum Gasteiger partial charge on any atom is 0.480 e. The fraction of sp³-hybridized carbons (Fsp3) is 0.500. The number of aromatic amines is 1. The Hall–Kier alpha value is -1.88. The van der Waals surface area contributed by atoms with Gasteiger partial charge in [0.25, 0.3) is 5.82 Å². The molecule has 0 saturated heterocycles. The molecule has 0 unspecified atom stereocenters. The van der Waals surface area contributed by atoms with Gasteiger partial charge < -0.3 is 9.23 Å². The minimum absolute atomic E-state index is 0.0451. The van der Waals surface area contributed by atoms with Gasteiger partial charge >= 0.3 is 17.0 Å². The second-order valence-electron chi connectivity index (χ2n) is 4.00. The van der Waals surface area contributed by atoms with Gasteiger partial charge in [0.1, 0.15) is 18.8 Å². The quantitative estimate of drug-likeness (QED) is 0.537. The summed E-state index contributed by atoms with van der Waals surface area (Å²) in [6, 6.07) is 0. The van der Waals surface area contributed by atoms with E-state index in [4.69, 9.17) is 5.11 Å². The van der Waals surface area contributed by atoms with Gasteiger partial charge in [-0.05, 0) is 0 Å². The number of sulfonamides is 2. The van der Waals surface area contributed by atoms with Crippen LogP contribution in [0.2, 0.25) is 0 Å². The first-order valence-electron chi connectivity index (χ1n) is 5.51. The van der Waals surface area contributed by atoms with Crippen LogP contribution in [0.25, 0.3) is 4.13 Å². The molecule has 0 bridgehead atoms. The van der Waals surface area contributed by atoms with E-state index in [0.29, 0.717) is 5.82 Å². The van der Waals surface area contributed by atoms with Crippen molar-refractivity contribution in [3.63, 3.8) is 0 Å². The third-order valence-electron chi connectivity index (χ3n) is 2.07. The van der Waals surface area contributed by atoms with Crippen LogP contribution in [0.1, 0.15) is 5.82 Å². The number of aromatic nitrogens is 2. The van der Waals surface area contributed by atoms with Gasteiger partial charge in [0.2, 0.25) is 0 Å². The van der Waals surface area contributed by atoms with E-state index in [2.05, 4.69) is 4.98 Å². The molecule has 0 atom stereocenters. The number of hydrogen-bond donors (Lipinski definition) is 2. The number of rotatable bonds is 4. The third kappa shape index (κ3) is 6.86. The number of halogens is 6. The summed E-state index contributed by atoms with van der Waals surface area (Å²) in [6.07, 6.45) is 3.53. The van der Waals surface area contributed by atoms with Crippen LogP contribution in [0.5, 0.6) is 0 Å². The molecular weight excluding hydrogens is 412 g/mol. The lowest BCUT2D eigenvalue weighted by atomic mass is 10.4. The zero-order valence-corrected chi connectivity index (χ0v) is 13.5. The molecule has 9 nitrogen and oxygen atoms in total. The van der Waals surface area contributed by atoms with Gasteiger partial charge in [0.15, 0.2) is 20.0 Å². The fourth-order valence-corrected chi connectivity index (χ4v) is 2.68. The van der Waals surface area contributed by atoms with Crippen molar-refractivity contribution in [2.75, 3.05) is 0 Å². The smallest absolute Gasteiger partial charge is 0.480 e. The lowest BCUT2D eigenvalue weighted by molar-refractivity contribution is -0.677. The van der Waals surface area contributed by atoms with Crippen molar-refractivity contribution in [3.8, 4) is 0 Å². The molecule has 0 aromatic carbocycles. The van der Waals surface area contributed by atoms with E-state index >= 15 is 0 Å². The molecule has 17 heteroatoms. The maximum atomic E-state index is 11.4. The number of alkyl halides is 6. The van der Waals surface area contributed by atoms with Gasteiger partial charge in [0, 0.05) is 0 Å². The number of imidazole rings is 1. The average Bonchev–Trinajstić information content (AvgIpc) is 2.70. The Labute approximate surface area is 136 Å². The molecule has 0 fully saturated rings. The highest BCUT2D eigenvalue weighted by molar-refractivity contribution is 8.13. The molecule has 0 aliphatic heterocycles. The normalized spacial score (nSPS) is 13.1. The van der Waals surface area contributed by atoms with Gasteiger partial charge in [-0.2, -0.15) is 26.3 Å². The summed E-state index contributed by atoms with van der Waals surface area (Å²) in [5.74, 6) is -0.120. The summed E-state index contributed by atoms with van der Waals surface area (Å²) in [5, 5.41) is 8.38. The topological polar surface area (TPSA) is 139 Å². The van der Waals surface area contributed by atoms with Crippen LogP contribution in [-0.4, -0.2) is 43.9 Å². The summed E-state index contributed by atoms with van der Waals surface area (Å²) in [6.45, 7) is 0. The van der Waals surface area contributed by atoms with Crippen LogP contribution in [0, 0.1) is 0 Å². The van der Waals surface area contributed by atoms with Crippen LogP contribution < -0.4 is 4.57 Å².